The second-order valence-electron chi connectivity index (χ2n) is 8.92. The summed E-state index contributed by atoms with van der Waals surface area (Å²) in [6.07, 6.45) is 2.20. The number of rotatable bonds is 5. The Labute approximate surface area is 196 Å². The van der Waals surface area contributed by atoms with Crippen LogP contribution >= 0.6 is 11.8 Å². The van der Waals surface area contributed by atoms with Gasteiger partial charge >= 0.3 is 6.09 Å². The average molecular weight is 478 g/mol. The van der Waals surface area contributed by atoms with E-state index in [2.05, 4.69) is 5.32 Å². The molecule has 2 heterocycles. The van der Waals surface area contributed by atoms with Gasteiger partial charge in [-0.05, 0) is 69.1 Å². The molecule has 0 radical (unpaired) electrons. The molecule has 4 amide bonds. The third-order valence-corrected chi connectivity index (χ3v) is 6.10. The number of likely N-dealkylation sites (tertiary alicyclic amines) is 1. The minimum Gasteiger partial charge on any atom is -0.444 e. The number of thioether (sulfide) groups is 1. The highest BCUT2D eigenvalue weighted by molar-refractivity contribution is 8.18. The van der Waals surface area contributed by atoms with Crippen molar-refractivity contribution in [1.82, 2.24) is 15.1 Å². The van der Waals surface area contributed by atoms with Gasteiger partial charge in [0.15, 0.2) is 0 Å². The van der Waals surface area contributed by atoms with Gasteiger partial charge in [0.2, 0.25) is 5.91 Å². The second kappa shape index (κ2) is 10.4. The maximum Gasteiger partial charge on any atom is 0.410 e. The summed E-state index contributed by atoms with van der Waals surface area (Å²) in [6.45, 7) is 6.50. The number of piperidine rings is 1. The molecule has 0 aromatic heterocycles. The third kappa shape index (κ3) is 6.80. The van der Waals surface area contributed by atoms with Crippen molar-refractivity contribution >= 4 is 41.0 Å². The molecule has 2 fully saturated rings. The van der Waals surface area contributed by atoms with Crippen LogP contribution in [0.4, 0.5) is 14.0 Å². The van der Waals surface area contributed by atoms with Crippen LogP contribution in [0.1, 0.15) is 39.2 Å². The van der Waals surface area contributed by atoms with Gasteiger partial charge in [-0.15, -0.1) is 0 Å². The van der Waals surface area contributed by atoms with Crippen molar-refractivity contribution in [2.24, 2.45) is 5.92 Å². The Bertz CT molecular complexity index is 950. The van der Waals surface area contributed by atoms with Gasteiger partial charge in [-0.25, -0.2) is 9.18 Å². The summed E-state index contributed by atoms with van der Waals surface area (Å²) in [4.78, 5) is 52.3. The normalized spacial score (nSPS) is 18.7. The van der Waals surface area contributed by atoms with Crippen molar-refractivity contribution in [1.29, 1.82) is 0 Å². The molecule has 178 valence electrons. The van der Waals surface area contributed by atoms with Crippen LogP contribution in [-0.2, 0) is 14.3 Å². The molecule has 0 spiro atoms. The maximum atomic E-state index is 13.0. The van der Waals surface area contributed by atoms with E-state index >= 15 is 0 Å². The summed E-state index contributed by atoms with van der Waals surface area (Å²) in [5.74, 6) is -1.22. The molecule has 1 aromatic carbocycles. The maximum absolute atomic E-state index is 13.0. The van der Waals surface area contributed by atoms with Crippen molar-refractivity contribution < 1.29 is 28.3 Å². The van der Waals surface area contributed by atoms with Crippen molar-refractivity contribution in [3.8, 4) is 0 Å². The lowest BCUT2D eigenvalue weighted by molar-refractivity contribution is -0.127. The van der Waals surface area contributed by atoms with Gasteiger partial charge in [-0.2, -0.15) is 0 Å². The SMILES string of the molecule is CC(C)(C)OC(=O)N1CCC(C(=O)NCCN2C(=O)S/C(=C\c3ccc(F)cc3)C2=O)CC1. The molecule has 10 heteroatoms. The molecule has 0 atom stereocenters. The number of ether oxygens (including phenoxy) is 1. The van der Waals surface area contributed by atoms with Gasteiger partial charge in [-0.3, -0.25) is 19.3 Å². The number of carbonyl (C=O) groups is 4. The highest BCUT2D eigenvalue weighted by Gasteiger charge is 2.35. The zero-order valence-corrected chi connectivity index (χ0v) is 19.7. The monoisotopic (exact) mass is 477 g/mol. The number of carbonyl (C=O) groups excluding carboxylic acids is 4. The number of nitrogens with one attached hydrogen (secondary N) is 1. The zero-order valence-electron chi connectivity index (χ0n) is 18.9. The van der Waals surface area contributed by atoms with E-state index in [0.29, 0.717) is 31.5 Å². The number of nitrogens with zero attached hydrogens (tertiary/aromatic N) is 2. The van der Waals surface area contributed by atoms with Crippen LogP contribution in [0.2, 0.25) is 0 Å². The summed E-state index contributed by atoms with van der Waals surface area (Å²) in [5.41, 5.74) is 0.0511. The van der Waals surface area contributed by atoms with Crippen LogP contribution in [0.3, 0.4) is 0 Å². The molecule has 1 aromatic rings. The molecular formula is C23H28FN3O5S. The second-order valence-corrected chi connectivity index (χ2v) is 9.91. The number of halogens is 1. The Morgan fingerprint density at radius 2 is 1.82 bits per heavy atom. The summed E-state index contributed by atoms with van der Waals surface area (Å²) < 4.78 is 18.4. The highest BCUT2D eigenvalue weighted by atomic mass is 32.2. The van der Waals surface area contributed by atoms with Crippen LogP contribution < -0.4 is 5.32 Å². The lowest BCUT2D eigenvalue weighted by atomic mass is 9.96. The van der Waals surface area contributed by atoms with Crippen molar-refractivity contribution in [2.45, 2.75) is 39.2 Å². The molecule has 0 saturated carbocycles. The van der Waals surface area contributed by atoms with Crippen molar-refractivity contribution in [3.63, 3.8) is 0 Å². The van der Waals surface area contributed by atoms with Crippen LogP contribution in [0.5, 0.6) is 0 Å². The molecular weight excluding hydrogens is 449 g/mol. The standard InChI is InChI=1S/C23H28FN3O5S/c1-23(2,3)32-21(30)26-11-8-16(9-12-26)19(28)25-10-13-27-20(29)18(33-22(27)31)14-15-4-6-17(24)7-5-15/h4-7,14,16H,8-13H2,1-3H3,(H,25,28)/b18-14-. The van der Waals surface area contributed by atoms with Gasteiger partial charge in [0.1, 0.15) is 11.4 Å². The molecule has 1 N–H and O–H groups in total. The quantitative estimate of drug-likeness (QED) is 0.651. The number of hydrogen-bond donors (Lipinski definition) is 1. The fourth-order valence-electron chi connectivity index (χ4n) is 3.49. The molecule has 0 unspecified atom stereocenters. The van der Waals surface area contributed by atoms with Crippen LogP contribution in [0.15, 0.2) is 29.2 Å². The van der Waals surface area contributed by atoms with E-state index in [1.54, 1.807) is 31.7 Å². The first kappa shape index (κ1) is 24.8. The first-order valence-electron chi connectivity index (χ1n) is 10.8. The van der Waals surface area contributed by atoms with Gasteiger partial charge in [0.05, 0.1) is 4.91 Å². The molecule has 0 aliphatic carbocycles. The Kier molecular flexibility index (Phi) is 7.78. The molecule has 3 rings (SSSR count). The lowest BCUT2D eigenvalue weighted by Gasteiger charge is -2.33. The molecule has 2 aliphatic heterocycles. The van der Waals surface area contributed by atoms with Gasteiger partial charge in [0.25, 0.3) is 11.1 Å². The highest BCUT2D eigenvalue weighted by Crippen LogP contribution is 2.32. The molecule has 8 nitrogen and oxygen atoms in total. The minimum atomic E-state index is -0.567. The van der Waals surface area contributed by atoms with Gasteiger partial charge in [0, 0.05) is 32.1 Å². The van der Waals surface area contributed by atoms with E-state index in [-0.39, 0.29) is 41.7 Å². The number of imide groups is 1. The first-order chi connectivity index (χ1) is 15.5. The largest absolute Gasteiger partial charge is 0.444 e. The first-order valence-corrected chi connectivity index (χ1v) is 11.6. The predicted octanol–water partition coefficient (Wildman–Crippen LogP) is 3.63. The number of amides is 4. The summed E-state index contributed by atoms with van der Waals surface area (Å²) in [6, 6.07) is 5.61. The molecule has 0 bridgehead atoms. The number of benzene rings is 1. The molecule has 2 aliphatic rings. The average Bonchev–Trinajstić information content (AvgIpc) is 3.01. The van der Waals surface area contributed by atoms with Crippen LogP contribution in [0.25, 0.3) is 6.08 Å². The fourth-order valence-corrected chi connectivity index (χ4v) is 4.35. The Balaban J connectivity index is 1.44. The predicted molar refractivity (Wildman–Crippen MR) is 123 cm³/mol. The Hall–Kier alpha value is -2.88. The fraction of sp³-hybridized carbons (Fsp3) is 0.478. The summed E-state index contributed by atoms with van der Waals surface area (Å²) in [7, 11) is 0. The van der Waals surface area contributed by atoms with Crippen molar-refractivity contribution in [3.05, 3.63) is 40.6 Å². The lowest BCUT2D eigenvalue weighted by Crippen LogP contribution is -2.46. The van der Waals surface area contributed by atoms with Crippen LogP contribution in [0, 0.1) is 11.7 Å². The Morgan fingerprint density at radius 3 is 2.42 bits per heavy atom. The van der Waals surface area contributed by atoms with Gasteiger partial charge in [-0.1, -0.05) is 12.1 Å². The van der Waals surface area contributed by atoms with Crippen LogP contribution in [-0.4, -0.2) is 64.7 Å². The van der Waals surface area contributed by atoms with Crippen molar-refractivity contribution in [2.75, 3.05) is 26.2 Å². The Morgan fingerprint density at radius 1 is 1.18 bits per heavy atom. The van der Waals surface area contributed by atoms with E-state index in [1.165, 1.54) is 24.3 Å². The third-order valence-electron chi connectivity index (χ3n) is 5.19. The minimum absolute atomic E-state index is 0.0634. The molecule has 33 heavy (non-hydrogen) atoms. The smallest absolute Gasteiger partial charge is 0.410 e. The topological polar surface area (TPSA) is 96.0 Å². The van der Waals surface area contributed by atoms with E-state index in [9.17, 15) is 23.6 Å². The summed E-state index contributed by atoms with van der Waals surface area (Å²) in [5, 5.41) is 2.37. The van der Waals surface area contributed by atoms with E-state index in [1.807, 2.05) is 0 Å². The van der Waals surface area contributed by atoms with E-state index in [4.69, 9.17) is 4.74 Å². The number of hydrogen-bond acceptors (Lipinski definition) is 6. The summed E-state index contributed by atoms with van der Waals surface area (Å²) >= 11 is 0.817. The van der Waals surface area contributed by atoms with E-state index in [0.717, 1.165) is 16.7 Å². The van der Waals surface area contributed by atoms with Gasteiger partial charge < -0.3 is 15.0 Å². The molecule has 2 saturated heterocycles. The zero-order chi connectivity index (χ0) is 24.2. The van der Waals surface area contributed by atoms with E-state index < -0.39 is 16.7 Å².